The molecule has 0 atom stereocenters. The van der Waals surface area contributed by atoms with Gasteiger partial charge >= 0.3 is 0 Å². The van der Waals surface area contributed by atoms with E-state index in [4.69, 9.17) is 0 Å². The summed E-state index contributed by atoms with van der Waals surface area (Å²) in [5.74, 6) is -0.318. The highest BCUT2D eigenvalue weighted by Gasteiger charge is 2.09. The number of hydrogen-bond donors (Lipinski definition) is 0. The Morgan fingerprint density at radius 1 is 1.33 bits per heavy atom. The fourth-order valence-electron chi connectivity index (χ4n) is 1.69. The van der Waals surface area contributed by atoms with Crippen LogP contribution < -0.4 is 0 Å². The first-order valence-corrected chi connectivity index (χ1v) is 4.92. The van der Waals surface area contributed by atoms with Gasteiger partial charge in [-0.05, 0) is 24.5 Å². The van der Waals surface area contributed by atoms with Crippen LogP contribution in [0.4, 0.5) is 4.39 Å². The molecule has 1 aromatic rings. The predicted molar refractivity (Wildman–Crippen MR) is 58.1 cm³/mol. The monoisotopic (exact) mass is 202 g/mol. The fourth-order valence-corrected chi connectivity index (χ4v) is 1.69. The second kappa shape index (κ2) is 4.22. The lowest BCUT2D eigenvalue weighted by atomic mass is 9.96. The summed E-state index contributed by atoms with van der Waals surface area (Å²) in [5, 5.41) is 0. The second-order valence-corrected chi connectivity index (χ2v) is 3.52. The maximum Gasteiger partial charge on any atom is 0.150 e. The van der Waals surface area contributed by atoms with Gasteiger partial charge in [0, 0.05) is 11.1 Å². The summed E-state index contributed by atoms with van der Waals surface area (Å²) in [5.41, 5.74) is 1.97. The molecule has 0 N–H and O–H groups in total. The number of carbonyl (C=O) groups is 1. The van der Waals surface area contributed by atoms with Gasteiger partial charge in [-0.1, -0.05) is 30.4 Å². The molecule has 1 aliphatic rings. The minimum atomic E-state index is -0.318. The Balaban J connectivity index is 2.40. The quantitative estimate of drug-likeness (QED) is 0.672. The van der Waals surface area contributed by atoms with Gasteiger partial charge in [-0.3, -0.25) is 4.79 Å². The Labute approximate surface area is 87.9 Å². The van der Waals surface area contributed by atoms with Crippen molar-refractivity contribution in [1.82, 2.24) is 0 Å². The number of hydrogen-bond acceptors (Lipinski definition) is 1. The number of carbonyl (C=O) groups excluding carboxylic acids is 1. The van der Waals surface area contributed by atoms with Gasteiger partial charge in [0.15, 0.2) is 0 Å². The van der Waals surface area contributed by atoms with Crippen LogP contribution in [0.1, 0.15) is 28.8 Å². The smallest absolute Gasteiger partial charge is 0.150 e. The second-order valence-electron chi connectivity index (χ2n) is 3.52. The van der Waals surface area contributed by atoms with Gasteiger partial charge in [0.2, 0.25) is 0 Å². The van der Waals surface area contributed by atoms with E-state index in [1.807, 2.05) is 12.2 Å². The van der Waals surface area contributed by atoms with Crippen molar-refractivity contribution in [1.29, 1.82) is 0 Å². The van der Waals surface area contributed by atoms with Crippen LogP contribution in [-0.2, 0) is 0 Å². The molecule has 0 spiro atoms. The third-order valence-electron chi connectivity index (χ3n) is 2.49. The average Bonchev–Trinajstić information content (AvgIpc) is 2.30. The average molecular weight is 202 g/mol. The lowest BCUT2D eigenvalue weighted by Crippen LogP contribution is -1.94. The van der Waals surface area contributed by atoms with Crippen molar-refractivity contribution in [3.05, 3.63) is 53.4 Å². The first-order valence-electron chi connectivity index (χ1n) is 4.92. The molecule has 0 bridgehead atoms. The molecule has 2 rings (SSSR count). The molecule has 0 heterocycles. The minimum absolute atomic E-state index is 0.318. The SMILES string of the molecule is O=Cc1ccc(C2=CC=CCC2)c(F)c1. The highest BCUT2D eigenvalue weighted by Crippen LogP contribution is 2.25. The highest BCUT2D eigenvalue weighted by molar-refractivity contribution is 5.77. The number of allylic oxidation sites excluding steroid dienone is 4. The molecule has 2 heteroatoms. The minimum Gasteiger partial charge on any atom is -0.298 e. The van der Waals surface area contributed by atoms with Gasteiger partial charge in [0.05, 0.1) is 0 Å². The Bertz CT molecular complexity index is 444. The van der Waals surface area contributed by atoms with Gasteiger partial charge in [-0.25, -0.2) is 4.39 Å². The van der Waals surface area contributed by atoms with Crippen LogP contribution >= 0.6 is 0 Å². The van der Waals surface area contributed by atoms with Gasteiger partial charge in [-0.2, -0.15) is 0 Å². The third kappa shape index (κ3) is 2.04. The number of benzene rings is 1. The van der Waals surface area contributed by atoms with E-state index in [1.54, 1.807) is 12.1 Å². The number of halogens is 1. The fraction of sp³-hybridized carbons (Fsp3) is 0.154. The molecular weight excluding hydrogens is 191 g/mol. The summed E-state index contributed by atoms with van der Waals surface area (Å²) < 4.78 is 13.6. The van der Waals surface area contributed by atoms with Crippen LogP contribution in [0, 0.1) is 5.82 Å². The van der Waals surface area contributed by atoms with Crippen molar-refractivity contribution in [3.63, 3.8) is 0 Å². The lowest BCUT2D eigenvalue weighted by Gasteiger charge is -2.10. The van der Waals surface area contributed by atoms with Crippen molar-refractivity contribution < 1.29 is 9.18 Å². The molecule has 1 nitrogen and oxygen atoms in total. The Morgan fingerprint density at radius 2 is 2.20 bits per heavy atom. The molecule has 76 valence electrons. The van der Waals surface area contributed by atoms with E-state index in [2.05, 4.69) is 6.08 Å². The van der Waals surface area contributed by atoms with Gasteiger partial charge < -0.3 is 0 Å². The molecule has 0 aliphatic heterocycles. The van der Waals surface area contributed by atoms with E-state index in [-0.39, 0.29) is 5.82 Å². The first kappa shape index (κ1) is 9.84. The van der Waals surface area contributed by atoms with Crippen LogP contribution in [0.3, 0.4) is 0 Å². The molecule has 1 aliphatic carbocycles. The zero-order valence-electron chi connectivity index (χ0n) is 8.24. The summed E-state index contributed by atoms with van der Waals surface area (Å²) in [6.45, 7) is 0. The number of rotatable bonds is 2. The standard InChI is InChI=1S/C13H11FO/c14-13-8-10(9-15)6-7-12(13)11-4-2-1-3-5-11/h1-2,4,6-9H,3,5H2. The first-order chi connectivity index (χ1) is 7.31. The number of aldehydes is 1. The molecule has 0 radical (unpaired) electrons. The van der Waals surface area contributed by atoms with Gasteiger partial charge in [0.25, 0.3) is 0 Å². The highest BCUT2D eigenvalue weighted by atomic mass is 19.1. The molecule has 0 aromatic heterocycles. The third-order valence-corrected chi connectivity index (χ3v) is 2.49. The maximum atomic E-state index is 13.6. The zero-order chi connectivity index (χ0) is 10.7. The summed E-state index contributed by atoms with van der Waals surface area (Å²) >= 11 is 0. The van der Waals surface area contributed by atoms with E-state index in [0.717, 1.165) is 18.4 Å². The Hall–Kier alpha value is -1.70. The molecule has 1 aromatic carbocycles. The van der Waals surface area contributed by atoms with E-state index in [9.17, 15) is 9.18 Å². The predicted octanol–water partition coefficient (Wildman–Crippen LogP) is 3.37. The molecule has 15 heavy (non-hydrogen) atoms. The van der Waals surface area contributed by atoms with E-state index >= 15 is 0 Å². The van der Waals surface area contributed by atoms with Crippen LogP contribution in [0.5, 0.6) is 0 Å². The molecular formula is C13H11FO. The van der Waals surface area contributed by atoms with Crippen LogP contribution in [0.25, 0.3) is 5.57 Å². The Morgan fingerprint density at radius 3 is 2.80 bits per heavy atom. The van der Waals surface area contributed by atoms with Gasteiger partial charge in [-0.15, -0.1) is 0 Å². The van der Waals surface area contributed by atoms with Crippen molar-refractivity contribution in [3.8, 4) is 0 Å². The summed E-state index contributed by atoms with van der Waals surface area (Å²) in [7, 11) is 0. The maximum absolute atomic E-state index is 13.6. The largest absolute Gasteiger partial charge is 0.298 e. The van der Waals surface area contributed by atoms with E-state index < -0.39 is 0 Å². The zero-order valence-corrected chi connectivity index (χ0v) is 8.24. The topological polar surface area (TPSA) is 17.1 Å². The van der Waals surface area contributed by atoms with Crippen LogP contribution in [0.15, 0.2) is 36.4 Å². The molecule has 0 saturated carbocycles. The van der Waals surface area contributed by atoms with Crippen molar-refractivity contribution in [2.24, 2.45) is 0 Å². The summed E-state index contributed by atoms with van der Waals surface area (Å²) in [4.78, 5) is 10.5. The lowest BCUT2D eigenvalue weighted by molar-refractivity contribution is 0.112. The van der Waals surface area contributed by atoms with Crippen LogP contribution in [-0.4, -0.2) is 6.29 Å². The Kier molecular flexibility index (Phi) is 2.77. The summed E-state index contributed by atoms with van der Waals surface area (Å²) in [6.07, 6.45) is 8.37. The molecule has 0 fully saturated rings. The van der Waals surface area contributed by atoms with Crippen molar-refractivity contribution in [2.45, 2.75) is 12.8 Å². The van der Waals surface area contributed by atoms with E-state index in [0.29, 0.717) is 17.4 Å². The normalized spacial score (nSPS) is 14.9. The molecule has 0 saturated heterocycles. The summed E-state index contributed by atoms with van der Waals surface area (Å²) in [6, 6.07) is 4.59. The van der Waals surface area contributed by atoms with Crippen molar-refractivity contribution in [2.75, 3.05) is 0 Å². The van der Waals surface area contributed by atoms with Crippen LogP contribution in [0.2, 0.25) is 0 Å². The van der Waals surface area contributed by atoms with E-state index in [1.165, 1.54) is 6.07 Å². The van der Waals surface area contributed by atoms with Crippen molar-refractivity contribution >= 4 is 11.9 Å². The van der Waals surface area contributed by atoms with Gasteiger partial charge in [0.1, 0.15) is 12.1 Å². The molecule has 0 unspecified atom stereocenters. The molecule has 0 amide bonds.